The first kappa shape index (κ1) is 15.8. The van der Waals surface area contributed by atoms with Crippen molar-refractivity contribution in [2.24, 2.45) is 5.92 Å². The molecule has 1 aliphatic carbocycles. The second kappa shape index (κ2) is 5.79. The van der Waals surface area contributed by atoms with Crippen LogP contribution in [0.15, 0.2) is 18.6 Å². The van der Waals surface area contributed by atoms with Gasteiger partial charge in [0.25, 0.3) is 0 Å². The molecule has 7 nitrogen and oxygen atoms in total. The molecule has 5 rings (SSSR count). The number of anilines is 1. The molecule has 0 radical (unpaired) electrons. The summed E-state index contributed by atoms with van der Waals surface area (Å²) in [6.45, 7) is 4.46. The Morgan fingerprint density at radius 1 is 1.23 bits per heavy atom. The molecule has 2 aliphatic heterocycles. The molecular formula is C19H24N6O. The molecule has 0 atom stereocenters. The third-order valence-electron chi connectivity index (χ3n) is 6.11. The highest BCUT2D eigenvalue weighted by Crippen LogP contribution is 2.45. The van der Waals surface area contributed by atoms with E-state index in [1.54, 1.807) is 6.33 Å². The van der Waals surface area contributed by atoms with Crippen molar-refractivity contribution in [1.29, 1.82) is 0 Å². The van der Waals surface area contributed by atoms with E-state index in [9.17, 15) is 4.79 Å². The molecule has 7 heteroatoms. The van der Waals surface area contributed by atoms with Crippen LogP contribution in [0.1, 0.15) is 42.8 Å². The van der Waals surface area contributed by atoms with Crippen molar-refractivity contribution in [2.45, 2.75) is 44.6 Å². The molecule has 136 valence electrons. The molecule has 1 saturated heterocycles. The van der Waals surface area contributed by atoms with Gasteiger partial charge in [-0.25, -0.2) is 15.0 Å². The highest BCUT2D eigenvalue weighted by Gasteiger charge is 2.51. The molecule has 2 aromatic rings. The number of carbonyl (C=O) groups excluding carboxylic acids is 1. The lowest BCUT2D eigenvalue weighted by molar-refractivity contribution is -0.142. The lowest BCUT2D eigenvalue weighted by Gasteiger charge is -2.50. The Morgan fingerprint density at radius 2 is 2.04 bits per heavy atom. The minimum absolute atomic E-state index is 0.241. The fraction of sp³-hybridized carbons (Fsp3) is 0.579. The zero-order valence-electron chi connectivity index (χ0n) is 15.1. The lowest BCUT2D eigenvalue weighted by Crippen LogP contribution is -2.59. The van der Waals surface area contributed by atoms with E-state index in [1.807, 2.05) is 19.2 Å². The second-order valence-corrected chi connectivity index (χ2v) is 7.76. The fourth-order valence-corrected chi connectivity index (χ4v) is 4.52. The van der Waals surface area contributed by atoms with Gasteiger partial charge in [-0.2, -0.15) is 0 Å². The zero-order chi connectivity index (χ0) is 17.7. The molecule has 3 aliphatic rings. The minimum Gasteiger partial charge on any atom is -0.348 e. The van der Waals surface area contributed by atoms with Crippen LogP contribution in [0.5, 0.6) is 0 Å². The van der Waals surface area contributed by atoms with Crippen LogP contribution < -0.4 is 4.90 Å². The van der Waals surface area contributed by atoms with Gasteiger partial charge in [-0.3, -0.25) is 4.79 Å². The van der Waals surface area contributed by atoms with Crippen LogP contribution in [-0.2, 0) is 16.8 Å². The van der Waals surface area contributed by atoms with Gasteiger partial charge in [0.2, 0.25) is 11.9 Å². The van der Waals surface area contributed by atoms with Gasteiger partial charge in [-0.05, 0) is 38.7 Å². The van der Waals surface area contributed by atoms with Crippen LogP contribution in [-0.4, -0.2) is 50.4 Å². The first-order valence-corrected chi connectivity index (χ1v) is 9.56. The van der Waals surface area contributed by atoms with Gasteiger partial charge in [0.15, 0.2) is 0 Å². The summed E-state index contributed by atoms with van der Waals surface area (Å²) in [6, 6.07) is 1.92. The van der Waals surface area contributed by atoms with E-state index in [4.69, 9.17) is 0 Å². The molecular weight excluding hydrogens is 328 g/mol. The molecule has 1 N–H and O–H groups in total. The molecule has 1 spiro atoms. The molecule has 2 fully saturated rings. The molecule has 0 aromatic carbocycles. The maximum Gasteiger partial charge on any atom is 0.226 e. The number of aromatic nitrogens is 4. The summed E-state index contributed by atoms with van der Waals surface area (Å²) in [6.07, 6.45) is 8.32. The van der Waals surface area contributed by atoms with Gasteiger partial charge in [0, 0.05) is 49.6 Å². The SMILES string of the molecule is Cc1ccnc(N2CCC3(CC2)c2nc[nH]c2CCN3C(=O)C2CC2)n1. The van der Waals surface area contributed by atoms with E-state index < -0.39 is 0 Å². The fourth-order valence-electron chi connectivity index (χ4n) is 4.52. The number of imidazole rings is 1. The molecule has 2 aromatic heterocycles. The predicted molar refractivity (Wildman–Crippen MR) is 96.6 cm³/mol. The van der Waals surface area contributed by atoms with E-state index in [0.717, 1.165) is 69.1 Å². The van der Waals surface area contributed by atoms with Crippen molar-refractivity contribution >= 4 is 11.9 Å². The van der Waals surface area contributed by atoms with Crippen LogP contribution in [0.4, 0.5) is 5.95 Å². The van der Waals surface area contributed by atoms with E-state index in [0.29, 0.717) is 5.91 Å². The number of hydrogen-bond acceptors (Lipinski definition) is 5. The van der Waals surface area contributed by atoms with Gasteiger partial charge in [0.1, 0.15) is 0 Å². The Morgan fingerprint density at radius 3 is 2.77 bits per heavy atom. The first-order valence-electron chi connectivity index (χ1n) is 9.56. The quantitative estimate of drug-likeness (QED) is 0.892. The number of aryl methyl sites for hydroxylation is 1. The minimum atomic E-state index is -0.270. The summed E-state index contributed by atoms with van der Waals surface area (Å²) in [5.41, 5.74) is 2.99. The Bertz CT molecular complexity index is 834. The Hall–Kier alpha value is -2.44. The normalized spacial score (nSPS) is 21.7. The van der Waals surface area contributed by atoms with Crippen LogP contribution in [0.2, 0.25) is 0 Å². The Balaban J connectivity index is 1.45. The van der Waals surface area contributed by atoms with Crippen molar-refractivity contribution < 1.29 is 4.79 Å². The topological polar surface area (TPSA) is 78.0 Å². The van der Waals surface area contributed by atoms with Gasteiger partial charge < -0.3 is 14.8 Å². The lowest BCUT2D eigenvalue weighted by atomic mass is 9.78. The molecule has 26 heavy (non-hydrogen) atoms. The summed E-state index contributed by atoms with van der Waals surface area (Å²) < 4.78 is 0. The first-order chi connectivity index (χ1) is 12.7. The van der Waals surface area contributed by atoms with E-state index in [1.165, 1.54) is 5.69 Å². The van der Waals surface area contributed by atoms with Crippen LogP contribution >= 0.6 is 0 Å². The number of nitrogens with one attached hydrogen (secondary N) is 1. The predicted octanol–water partition coefficient (Wildman–Crippen LogP) is 1.80. The summed E-state index contributed by atoms with van der Waals surface area (Å²) in [5, 5.41) is 0. The average molecular weight is 352 g/mol. The summed E-state index contributed by atoms with van der Waals surface area (Å²) in [7, 11) is 0. The highest BCUT2D eigenvalue weighted by molar-refractivity contribution is 5.82. The zero-order valence-corrected chi connectivity index (χ0v) is 15.1. The monoisotopic (exact) mass is 352 g/mol. The number of aromatic amines is 1. The smallest absolute Gasteiger partial charge is 0.226 e. The summed E-state index contributed by atoms with van der Waals surface area (Å²) in [4.78, 5) is 34.4. The number of nitrogens with zero attached hydrogens (tertiary/aromatic N) is 5. The van der Waals surface area contributed by atoms with Crippen LogP contribution in [0.25, 0.3) is 0 Å². The number of piperidine rings is 1. The molecule has 1 saturated carbocycles. The molecule has 0 unspecified atom stereocenters. The van der Waals surface area contributed by atoms with E-state index in [2.05, 4.69) is 29.7 Å². The maximum atomic E-state index is 13.0. The van der Waals surface area contributed by atoms with Crippen molar-refractivity contribution in [3.8, 4) is 0 Å². The van der Waals surface area contributed by atoms with Crippen LogP contribution in [0.3, 0.4) is 0 Å². The number of H-pyrrole nitrogens is 1. The number of carbonyl (C=O) groups is 1. The van der Waals surface area contributed by atoms with Crippen molar-refractivity contribution in [1.82, 2.24) is 24.8 Å². The van der Waals surface area contributed by atoms with Crippen molar-refractivity contribution in [3.05, 3.63) is 35.7 Å². The molecule has 1 amide bonds. The van der Waals surface area contributed by atoms with E-state index >= 15 is 0 Å². The van der Waals surface area contributed by atoms with Gasteiger partial charge >= 0.3 is 0 Å². The third-order valence-corrected chi connectivity index (χ3v) is 6.11. The average Bonchev–Trinajstić information content (AvgIpc) is 3.39. The standard InChI is InChI=1S/C19H24N6O/c1-13-4-8-20-18(23-13)24-10-6-19(7-11-24)16-15(21-12-22-16)5-9-25(19)17(26)14-2-3-14/h4,8,12,14H,2-3,5-7,9-11H2,1H3,(H,21,22). The molecule has 0 bridgehead atoms. The largest absolute Gasteiger partial charge is 0.348 e. The molecule has 4 heterocycles. The highest BCUT2D eigenvalue weighted by atomic mass is 16.2. The van der Waals surface area contributed by atoms with Gasteiger partial charge in [-0.15, -0.1) is 0 Å². The van der Waals surface area contributed by atoms with Gasteiger partial charge in [0.05, 0.1) is 17.6 Å². The van der Waals surface area contributed by atoms with Crippen LogP contribution in [0, 0.1) is 12.8 Å². The van der Waals surface area contributed by atoms with Crippen molar-refractivity contribution in [3.63, 3.8) is 0 Å². The van der Waals surface area contributed by atoms with Crippen molar-refractivity contribution in [2.75, 3.05) is 24.5 Å². The number of hydrogen-bond donors (Lipinski definition) is 1. The number of fused-ring (bicyclic) bond motifs is 2. The summed E-state index contributed by atoms with van der Waals surface area (Å²) in [5.74, 6) is 1.36. The second-order valence-electron chi connectivity index (χ2n) is 7.76. The maximum absolute atomic E-state index is 13.0. The summed E-state index contributed by atoms with van der Waals surface area (Å²) >= 11 is 0. The van der Waals surface area contributed by atoms with Gasteiger partial charge in [-0.1, -0.05) is 0 Å². The number of rotatable bonds is 2. The number of amides is 1. The Labute approximate surface area is 152 Å². The Kier molecular flexibility index (Phi) is 3.52. The third kappa shape index (κ3) is 2.40. The van der Waals surface area contributed by atoms with E-state index in [-0.39, 0.29) is 11.5 Å².